The first kappa shape index (κ1) is 22.8. The number of carbonyl (C=O) groups is 1. The molecule has 2 aromatic rings. The molecule has 0 spiro atoms. The average molecular weight is 402 g/mol. The van der Waals surface area contributed by atoms with E-state index in [1.54, 1.807) is 0 Å². The Bertz CT molecular complexity index is 834. The van der Waals surface area contributed by atoms with Crippen LogP contribution in [0.25, 0.3) is 0 Å². The Balaban J connectivity index is 2.24. The van der Waals surface area contributed by atoms with E-state index in [1.165, 1.54) is 0 Å². The van der Waals surface area contributed by atoms with Crippen molar-refractivity contribution in [3.05, 3.63) is 41.2 Å². The molecule has 0 radical (unpaired) electrons. The van der Waals surface area contributed by atoms with Crippen LogP contribution in [0.15, 0.2) is 24.3 Å². The summed E-state index contributed by atoms with van der Waals surface area (Å²) >= 11 is 0. The minimum Gasteiger partial charge on any atom is -0.490 e. The van der Waals surface area contributed by atoms with Gasteiger partial charge in [-0.25, -0.2) is 0 Å². The molecule has 1 aromatic carbocycles. The van der Waals surface area contributed by atoms with Crippen LogP contribution < -0.4 is 14.8 Å². The Labute approximate surface area is 174 Å². The van der Waals surface area contributed by atoms with Gasteiger partial charge < -0.3 is 14.8 Å². The fourth-order valence-corrected chi connectivity index (χ4v) is 3.15. The Hall–Kier alpha value is -2.50. The third-order valence-corrected chi connectivity index (χ3v) is 4.61. The van der Waals surface area contributed by atoms with Crippen LogP contribution >= 0.6 is 0 Å². The second-order valence-corrected chi connectivity index (χ2v) is 8.46. The van der Waals surface area contributed by atoms with E-state index in [-0.39, 0.29) is 23.4 Å². The zero-order valence-corrected chi connectivity index (χ0v) is 19.0. The summed E-state index contributed by atoms with van der Waals surface area (Å²) in [6.07, 6.45) is 0. The number of hydrogen-bond acceptors (Lipinski definition) is 4. The lowest BCUT2D eigenvalue weighted by molar-refractivity contribution is 0.0933. The molecule has 0 bridgehead atoms. The van der Waals surface area contributed by atoms with E-state index in [4.69, 9.17) is 9.47 Å². The summed E-state index contributed by atoms with van der Waals surface area (Å²) < 4.78 is 13.3. The summed E-state index contributed by atoms with van der Waals surface area (Å²) in [5.74, 6) is 1.49. The number of nitrogens with one attached hydrogen (secondary N) is 1. The quantitative estimate of drug-likeness (QED) is 0.672. The Morgan fingerprint density at radius 1 is 1.07 bits per heavy atom. The average Bonchev–Trinajstić information content (AvgIpc) is 3.10. The molecule has 1 heterocycles. The molecule has 1 atom stereocenters. The first-order chi connectivity index (χ1) is 13.6. The van der Waals surface area contributed by atoms with E-state index >= 15 is 0 Å². The van der Waals surface area contributed by atoms with Crippen molar-refractivity contribution in [3.8, 4) is 11.5 Å². The molecule has 29 heavy (non-hydrogen) atoms. The molecule has 6 heteroatoms. The summed E-state index contributed by atoms with van der Waals surface area (Å²) in [7, 11) is 0. The van der Waals surface area contributed by atoms with E-state index in [2.05, 4.69) is 45.0 Å². The van der Waals surface area contributed by atoms with E-state index in [0.717, 1.165) is 11.3 Å². The van der Waals surface area contributed by atoms with Gasteiger partial charge in [0.05, 0.1) is 24.8 Å². The molecule has 2 rings (SSSR count). The minimum absolute atomic E-state index is 0.186. The third-order valence-electron chi connectivity index (χ3n) is 4.61. The number of rotatable bonds is 8. The summed E-state index contributed by atoms with van der Waals surface area (Å²) in [4.78, 5) is 12.9. The molecule has 0 saturated heterocycles. The van der Waals surface area contributed by atoms with Crippen molar-refractivity contribution >= 4 is 5.91 Å². The number of carbonyl (C=O) groups excluding carboxylic acids is 1. The Kier molecular flexibility index (Phi) is 7.33. The van der Waals surface area contributed by atoms with Gasteiger partial charge in [0.25, 0.3) is 5.91 Å². The lowest BCUT2D eigenvalue weighted by atomic mass is 10.1. The minimum atomic E-state index is -0.195. The van der Waals surface area contributed by atoms with Crippen LogP contribution in [0, 0.1) is 0 Å². The number of nitrogens with zero attached hydrogens (tertiary/aromatic N) is 2. The lowest BCUT2D eigenvalue weighted by Crippen LogP contribution is -2.29. The largest absolute Gasteiger partial charge is 0.490 e. The van der Waals surface area contributed by atoms with Crippen molar-refractivity contribution in [2.24, 2.45) is 0 Å². The summed E-state index contributed by atoms with van der Waals surface area (Å²) in [6.45, 7) is 17.4. The highest BCUT2D eigenvalue weighted by Crippen LogP contribution is 2.31. The molecular weight excluding hydrogens is 366 g/mol. The zero-order chi connectivity index (χ0) is 21.8. The third kappa shape index (κ3) is 5.52. The van der Waals surface area contributed by atoms with Crippen molar-refractivity contribution in [1.82, 2.24) is 15.1 Å². The number of aromatic nitrogens is 2. The standard InChI is InChI=1S/C23H35N3O3/c1-9-28-20-12-11-17(13-21(20)29-10-2)16(5)24-22(27)18-14-19(15(3)4)26(25-18)23(6,7)8/h11-16H,9-10H2,1-8H3,(H,24,27). The van der Waals surface area contributed by atoms with Crippen LogP contribution in [0.5, 0.6) is 11.5 Å². The predicted molar refractivity (Wildman–Crippen MR) is 116 cm³/mol. The maximum atomic E-state index is 12.9. The number of amides is 1. The Morgan fingerprint density at radius 2 is 1.69 bits per heavy atom. The van der Waals surface area contributed by atoms with Gasteiger partial charge in [0, 0.05) is 5.69 Å². The number of ether oxygens (including phenoxy) is 2. The highest BCUT2D eigenvalue weighted by molar-refractivity contribution is 5.92. The molecule has 6 nitrogen and oxygen atoms in total. The molecular formula is C23H35N3O3. The highest BCUT2D eigenvalue weighted by atomic mass is 16.5. The van der Waals surface area contributed by atoms with E-state index < -0.39 is 0 Å². The van der Waals surface area contributed by atoms with Crippen molar-refractivity contribution in [1.29, 1.82) is 0 Å². The summed E-state index contributed by atoms with van der Waals surface area (Å²) in [5.41, 5.74) is 2.25. The van der Waals surface area contributed by atoms with Gasteiger partial charge >= 0.3 is 0 Å². The van der Waals surface area contributed by atoms with E-state index in [0.29, 0.717) is 30.4 Å². The van der Waals surface area contributed by atoms with Gasteiger partial charge in [0.2, 0.25) is 0 Å². The summed E-state index contributed by atoms with van der Waals surface area (Å²) in [6, 6.07) is 7.46. The number of benzene rings is 1. The highest BCUT2D eigenvalue weighted by Gasteiger charge is 2.24. The molecule has 1 aromatic heterocycles. The van der Waals surface area contributed by atoms with Crippen molar-refractivity contribution in [2.45, 2.75) is 72.9 Å². The van der Waals surface area contributed by atoms with Crippen molar-refractivity contribution < 1.29 is 14.3 Å². The van der Waals surface area contributed by atoms with Crippen molar-refractivity contribution in [2.75, 3.05) is 13.2 Å². The SMILES string of the molecule is CCOc1ccc(C(C)NC(=O)c2cc(C(C)C)n(C(C)(C)C)n2)cc1OCC. The fraction of sp³-hybridized carbons (Fsp3) is 0.565. The lowest BCUT2D eigenvalue weighted by Gasteiger charge is -2.23. The molecule has 0 saturated carbocycles. The van der Waals surface area contributed by atoms with Gasteiger partial charge in [-0.3, -0.25) is 9.48 Å². The molecule has 1 unspecified atom stereocenters. The fourth-order valence-electron chi connectivity index (χ4n) is 3.15. The molecule has 0 aliphatic heterocycles. The van der Waals surface area contributed by atoms with Crippen LogP contribution in [0.4, 0.5) is 0 Å². The predicted octanol–water partition coefficient (Wildman–Crippen LogP) is 5.05. The van der Waals surface area contributed by atoms with Gasteiger partial charge in [0.1, 0.15) is 5.69 Å². The van der Waals surface area contributed by atoms with Crippen LogP contribution in [0.1, 0.15) is 89.1 Å². The van der Waals surface area contributed by atoms with Gasteiger partial charge in [0.15, 0.2) is 11.5 Å². The zero-order valence-electron chi connectivity index (χ0n) is 19.0. The second kappa shape index (κ2) is 9.33. The topological polar surface area (TPSA) is 65.4 Å². The van der Waals surface area contributed by atoms with Crippen LogP contribution in [0.3, 0.4) is 0 Å². The molecule has 0 fully saturated rings. The van der Waals surface area contributed by atoms with Crippen LogP contribution in [0.2, 0.25) is 0 Å². The first-order valence-corrected chi connectivity index (χ1v) is 10.4. The van der Waals surface area contributed by atoms with E-state index in [1.807, 2.05) is 49.7 Å². The normalized spacial score (nSPS) is 12.7. The molecule has 0 aliphatic rings. The molecule has 1 amide bonds. The summed E-state index contributed by atoms with van der Waals surface area (Å²) in [5, 5.41) is 7.65. The van der Waals surface area contributed by atoms with Crippen LogP contribution in [-0.2, 0) is 5.54 Å². The van der Waals surface area contributed by atoms with Gasteiger partial charge in [-0.1, -0.05) is 19.9 Å². The van der Waals surface area contributed by atoms with Gasteiger partial charge in [-0.2, -0.15) is 5.10 Å². The van der Waals surface area contributed by atoms with Gasteiger partial charge in [-0.15, -0.1) is 0 Å². The maximum absolute atomic E-state index is 12.9. The first-order valence-electron chi connectivity index (χ1n) is 10.4. The smallest absolute Gasteiger partial charge is 0.272 e. The maximum Gasteiger partial charge on any atom is 0.272 e. The second-order valence-electron chi connectivity index (χ2n) is 8.46. The van der Waals surface area contributed by atoms with Crippen molar-refractivity contribution in [3.63, 3.8) is 0 Å². The monoisotopic (exact) mass is 401 g/mol. The van der Waals surface area contributed by atoms with E-state index in [9.17, 15) is 4.79 Å². The van der Waals surface area contributed by atoms with Gasteiger partial charge in [-0.05, 0) is 71.2 Å². The molecule has 1 N–H and O–H groups in total. The molecule has 0 aliphatic carbocycles. The Morgan fingerprint density at radius 3 is 2.21 bits per heavy atom. The van der Waals surface area contributed by atoms with Crippen LogP contribution in [-0.4, -0.2) is 28.9 Å². The number of hydrogen-bond donors (Lipinski definition) is 1. The molecule has 160 valence electrons.